The Morgan fingerprint density at radius 2 is 1.60 bits per heavy atom. The van der Waals surface area contributed by atoms with E-state index in [0.29, 0.717) is 36.6 Å². The number of ether oxygens (including phenoxy) is 1. The molecule has 0 radical (unpaired) electrons. The van der Waals surface area contributed by atoms with Crippen LogP contribution < -0.4 is 15.0 Å². The summed E-state index contributed by atoms with van der Waals surface area (Å²) in [5.41, 5.74) is 3.39. The number of carbonyl (C=O) groups is 3. The number of allylic oxidation sites excluding steroid dienone is 2. The molecular formula is C29H26N2O4. The average molecular weight is 467 g/mol. The number of rotatable bonds is 6. The van der Waals surface area contributed by atoms with Gasteiger partial charge in [-0.05, 0) is 61.7 Å². The minimum absolute atomic E-state index is 0.229. The molecule has 2 atom stereocenters. The van der Waals surface area contributed by atoms with Crippen LogP contribution in [0.15, 0.2) is 90.5 Å². The molecule has 3 aromatic carbocycles. The van der Waals surface area contributed by atoms with Crippen molar-refractivity contribution in [3.05, 3.63) is 102 Å². The molecule has 0 unspecified atom stereocenters. The van der Waals surface area contributed by atoms with Crippen molar-refractivity contribution in [3.63, 3.8) is 0 Å². The van der Waals surface area contributed by atoms with Gasteiger partial charge in [-0.15, -0.1) is 0 Å². The molecule has 1 heterocycles. The van der Waals surface area contributed by atoms with Gasteiger partial charge in [0, 0.05) is 5.69 Å². The minimum Gasteiger partial charge on any atom is -0.489 e. The van der Waals surface area contributed by atoms with Crippen molar-refractivity contribution in [2.75, 3.05) is 10.2 Å². The summed E-state index contributed by atoms with van der Waals surface area (Å²) in [6.45, 7) is 2.44. The fourth-order valence-corrected chi connectivity index (χ4v) is 4.71. The first kappa shape index (κ1) is 22.6. The average Bonchev–Trinajstić information content (AvgIpc) is 3.13. The van der Waals surface area contributed by atoms with Crippen LogP contribution in [0.2, 0.25) is 0 Å². The molecule has 6 heteroatoms. The van der Waals surface area contributed by atoms with Gasteiger partial charge in [-0.1, -0.05) is 54.1 Å². The van der Waals surface area contributed by atoms with Crippen molar-refractivity contribution in [2.45, 2.75) is 26.4 Å². The number of carbonyl (C=O) groups excluding carboxylic acids is 3. The Bertz CT molecular complexity index is 1300. The summed E-state index contributed by atoms with van der Waals surface area (Å²) in [7, 11) is 0. The molecule has 176 valence electrons. The number of para-hydroxylation sites is 1. The number of hydrogen-bond acceptors (Lipinski definition) is 4. The highest BCUT2D eigenvalue weighted by Gasteiger charge is 2.49. The molecule has 0 spiro atoms. The summed E-state index contributed by atoms with van der Waals surface area (Å²) in [6.07, 6.45) is 3.17. The standard InChI is InChI=1S/C29H26N2O4/c1-19-11-16-23-25(17-19)29(34)31(28(23)33)26-10-6-5-9-24(26)27(32)30-21-12-14-22(15-13-21)35-18-20-7-3-2-4-8-20/h2-15,23,25H,16-18H2,1H3,(H,30,32)/t23-,25-/m0/s1. The monoisotopic (exact) mass is 466 g/mol. The van der Waals surface area contributed by atoms with E-state index in [0.717, 1.165) is 11.1 Å². The van der Waals surface area contributed by atoms with Gasteiger partial charge < -0.3 is 10.1 Å². The summed E-state index contributed by atoms with van der Waals surface area (Å²) in [6, 6.07) is 23.7. The van der Waals surface area contributed by atoms with Gasteiger partial charge in [-0.3, -0.25) is 14.4 Å². The molecule has 6 nitrogen and oxygen atoms in total. The van der Waals surface area contributed by atoms with E-state index in [2.05, 4.69) is 5.32 Å². The lowest BCUT2D eigenvalue weighted by atomic mass is 9.82. The lowest BCUT2D eigenvalue weighted by molar-refractivity contribution is -0.122. The van der Waals surface area contributed by atoms with Crippen LogP contribution in [0.25, 0.3) is 0 Å². The Morgan fingerprint density at radius 1 is 0.914 bits per heavy atom. The SMILES string of the molecule is CC1=CC[C@@H]2C(=O)N(c3ccccc3C(=O)Nc3ccc(OCc4ccccc4)cc3)C(=O)[C@H]2C1. The quantitative estimate of drug-likeness (QED) is 0.392. The van der Waals surface area contributed by atoms with E-state index in [1.807, 2.05) is 43.3 Å². The predicted molar refractivity (Wildman–Crippen MR) is 134 cm³/mol. The van der Waals surface area contributed by atoms with Gasteiger partial charge in [0.2, 0.25) is 11.8 Å². The number of fused-ring (bicyclic) bond motifs is 1. The Morgan fingerprint density at radius 3 is 2.37 bits per heavy atom. The highest BCUT2D eigenvalue weighted by Crippen LogP contribution is 2.40. The Hall–Kier alpha value is -4.19. The zero-order valence-electron chi connectivity index (χ0n) is 19.4. The summed E-state index contributed by atoms with van der Waals surface area (Å²) in [5, 5.41) is 2.87. The summed E-state index contributed by atoms with van der Waals surface area (Å²) in [4.78, 5) is 40.7. The highest BCUT2D eigenvalue weighted by molar-refractivity contribution is 6.25. The number of nitrogens with one attached hydrogen (secondary N) is 1. The number of hydrogen-bond donors (Lipinski definition) is 1. The van der Waals surface area contributed by atoms with Gasteiger partial charge in [-0.25, -0.2) is 4.90 Å². The molecular weight excluding hydrogens is 440 g/mol. The van der Waals surface area contributed by atoms with Gasteiger partial charge in [0.25, 0.3) is 5.91 Å². The third-order valence-electron chi connectivity index (χ3n) is 6.57. The number of imide groups is 1. The lowest BCUT2D eigenvalue weighted by Gasteiger charge is -2.19. The van der Waals surface area contributed by atoms with Crippen LogP contribution in [0.4, 0.5) is 11.4 Å². The normalized spacial score (nSPS) is 19.2. The van der Waals surface area contributed by atoms with Crippen molar-refractivity contribution in [1.29, 1.82) is 0 Å². The fourth-order valence-electron chi connectivity index (χ4n) is 4.71. The van der Waals surface area contributed by atoms with E-state index in [9.17, 15) is 14.4 Å². The van der Waals surface area contributed by atoms with E-state index in [1.54, 1.807) is 48.5 Å². The molecule has 0 bridgehead atoms. The Balaban J connectivity index is 1.30. The van der Waals surface area contributed by atoms with E-state index < -0.39 is 0 Å². The first-order valence-electron chi connectivity index (χ1n) is 11.7. The van der Waals surface area contributed by atoms with Crippen molar-refractivity contribution in [3.8, 4) is 5.75 Å². The highest BCUT2D eigenvalue weighted by atomic mass is 16.5. The molecule has 3 aromatic rings. The molecule has 1 aliphatic heterocycles. The van der Waals surface area contributed by atoms with Crippen LogP contribution in [0.5, 0.6) is 5.75 Å². The van der Waals surface area contributed by atoms with Gasteiger partial charge in [0.15, 0.2) is 0 Å². The van der Waals surface area contributed by atoms with Crippen molar-refractivity contribution in [1.82, 2.24) is 0 Å². The second-order valence-electron chi connectivity index (χ2n) is 8.99. The first-order valence-corrected chi connectivity index (χ1v) is 11.7. The maximum absolute atomic E-state index is 13.2. The van der Waals surface area contributed by atoms with E-state index in [1.165, 1.54) is 4.90 Å². The number of benzene rings is 3. The molecule has 1 N–H and O–H groups in total. The molecule has 1 saturated heterocycles. The van der Waals surface area contributed by atoms with Gasteiger partial charge >= 0.3 is 0 Å². The van der Waals surface area contributed by atoms with Gasteiger partial charge in [0.05, 0.1) is 23.1 Å². The Labute approximate surface area is 204 Å². The molecule has 0 saturated carbocycles. The summed E-state index contributed by atoms with van der Waals surface area (Å²) >= 11 is 0. The second-order valence-corrected chi connectivity index (χ2v) is 8.99. The molecule has 35 heavy (non-hydrogen) atoms. The van der Waals surface area contributed by atoms with Crippen LogP contribution in [0.1, 0.15) is 35.7 Å². The van der Waals surface area contributed by atoms with E-state index in [4.69, 9.17) is 4.74 Å². The molecule has 5 rings (SSSR count). The van der Waals surface area contributed by atoms with Crippen molar-refractivity contribution in [2.24, 2.45) is 11.8 Å². The maximum Gasteiger partial charge on any atom is 0.257 e. The number of nitrogens with zero attached hydrogens (tertiary/aromatic N) is 1. The zero-order chi connectivity index (χ0) is 24.4. The topological polar surface area (TPSA) is 75.7 Å². The fraction of sp³-hybridized carbons (Fsp3) is 0.207. The smallest absolute Gasteiger partial charge is 0.257 e. The molecule has 2 aliphatic rings. The first-order chi connectivity index (χ1) is 17.0. The molecule has 3 amide bonds. The minimum atomic E-state index is -0.386. The van der Waals surface area contributed by atoms with Crippen molar-refractivity contribution < 1.29 is 19.1 Å². The van der Waals surface area contributed by atoms with Crippen LogP contribution in [-0.4, -0.2) is 17.7 Å². The molecule has 0 aromatic heterocycles. The van der Waals surface area contributed by atoms with Gasteiger partial charge in [0.1, 0.15) is 12.4 Å². The third-order valence-corrected chi connectivity index (χ3v) is 6.57. The van der Waals surface area contributed by atoms with Crippen LogP contribution in [0, 0.1) is 11.8 Å². The van der Waals surface area contributed by atoms with Crippen LogP contribution in [0.3, 0.4) is 0 Å². The van der Waals surface area contributed by atoms with E-state index in [-0.39, 0.29) is 35.1 Å². The summed E-state index contributed by atoms with van der Waals surface area (Å²) in [5.74, 6) is -0.871. The Kier molecular flexibility index (Phi) is 6.19. The number of anilines is 2. The molecule has 1 aliphatic carbocycles. The zero-order valence-corrected chi connectivity index (χ0v) is 19.4. The van der Waals surface area contributed by atoms with Crippen molar-refractivity contribution >= 4 is 29.1 Å². The number of amides is 3. The van der Waals surface area contributed by atoms with Gasteiger partial charge in [-0.2, -0.15) is 0 Å². The molecule has 1 fully saturated rings. The van der Waals surface area contributed by atoms with E-state index >= 15 is 0 Å². The predicted octanol–water partition coefficient (Wildman–Crippen LogP) is 5.36. The van der Waals surface area contributed by atoms with Crippen LogP contribution >= 0.6 is 0 Å². The largest absolute Gasteiger partial charge is 0.489 e. The maximum atomic E-state index is 13.2. The lowest BCUT2D eigenvalue weighted by Crippen LogP contribution is -2.33. The summed E-state index contributed by atoms with van der Waals surface area (Å²) < 4.78 is 5.80. The third kappa shape index (κ3) is 4.60. The second kappa shape index (κ2) is 9.58. The van der Waals surface area contributed by atoms with Crippen LogP contribution in [-0.2, 0) is 16.2 Å².